The van der Waals surface area contributed by atoms with Crippen LogP contribution >= 0.6 is 0 Å². The number of ether oxygens (including phenoxy) is 2. The standard InChI is InChI=1S/C22H42O5/c1-2-3-4-5-6-7-8-9-10-11-12-13-14-15-16-26-22-20(25)18-27-21(22)19(24)17-23/h9-10,19-25H,2-8,11-18H2,1H3/b10-9+/t19-,20+,21-,22-/m0/s1. The summed E-state index contributed by atoms with van der Waals surface area (Å²) < 4.78 is 11.0. The Hall–Kier alpha value is -0.460. The molecular weight excluding hydrogens is 344 g/mol. The Balaban J connectivity index is 1.92. The van der Waals surface area contributed by atoms with E-state index in [1.54, 1.807) is 0 Å². The fraction of sp³-hybridized carbons (Fsp3) is 0.909. The number of aliphatic hydroxyl groups is 3. The van der Waals surface area contributed by atoms with E-state index in [9.17, 15) is 10.2 Å². The molecule has 1 aliphatic rings. The highest BCUT2D eigenvalue weighted by Gasteiger charge is 2.40. The van der Waals surface area contributed by atoms with Crippen LogP contribution in [-0.4, -0.2) is 59.6 Å². The maximum Gasteiger partial charge on any atom is 0.114 e. The molecule has 0 spiro atoms. The van der Waals surface area contributed by atoms with Crippen molar-refractivity contribution >= 4 is 0 Å². The first kappa shape index (κ1) is 24.6. The van der Waals surface area contributed by atoms with Crippen LogP contribution in [0.15, 0.2) is 12.2 Å². The summed E-state index contributed by atoms with van der Waals surface area (Å²) in [5, 5.41) is 28.6. The van der Waals surface area contributed by atoms with E-state index < -0.39 is 24.4 Å². The molecule has 5 nitrogen and oxygen atoms in total. The molecule has 0 amide bonds. The fourth-order valence-corrected chi connectivity index (χ4v) is 3.47. The van der Waals surface area contributed by atoms with E-state index in [4.69, 9.17) is 14.6 Å². The van der Waals surface area contributed by atoms with Crippen LogP contribution in [0.1, 0.15) is 84.0 Å². The fourth-order valence-electron chi connectivity index (χ4n) is 3.47. The van der Waals surface area contributed by atoms with Crippen LogP contribution < -0.4 is 0 Å². The van der Waals surface area contributed by atoms with E-state index in [1.165, 1.54) is 57.8 Å². The summed E-state index contributed by atoms with van der Waals surface area (Å²) >= 11 is 0. The van der Waals surface area contributed by atoms with Gasteiger partial charge in [0, 0.05) is 6.61 Å². The van der Waals surface area contributed by atoms with Crippen LogP contribution in [0.4, 0.5) is 0 Å². The van der Waals surface area contributed by atoms with Gasteiger partial charge in [0.25, 0.3) is 0 Å². The zero-order valence-corrected chi connectivity index (χ0v) is 17.2. The van der Waals surface area contributed by atoms with Crippen LogP contribution in [0.2, 0.25) is 0 Å². The largest absolute Gasteiger partial charge is 0.394 e. The molecule has 0 aromatic heterocycles. The van der Waals surface area contributed by atoms with Gasteiger partial charge in [0.05, 0.1) is 13.2 Å². The minimum absolute atomic E-state index is 0.150. The lowest BCUT2D eigenvalue weighted by Crippen LogP contribution is -2.42. The maximum absolute atomic E-state index is 9.87. The van der Waals surface area contributed by atoms with Gasteiger partial charge in [0.2, 0.25) is 0 Å². The third-order valence-electron chi connectivity index (χ3n) is 5.20. The quantitative estimate of drug-likeness (QED) is 0.262. The van der Waals surface area contributed by atoms with Gasteiger partial charge in [-0.15, -0.1) is 0 Å². The molecule has 1 fully saturated rings. The normalized spacial score (nSPS) is 24.1. The Morgan fingerprint density at radius 3 is 2.19 bits per heavy atom. The van der Waals surface area contributed by atoms with Gasteiger partial charge in [-0.25, -0.2) is 0 Å². The van der Waals surface area contributed by atoms with Crippen molar-refractivity contribution in [3.63, 3.8) is 0 Å². The molecule has 0 saturated carbocycles. The maximum atomic E-state index is 9.87. The molecule has 0 unspecified atom stereocenters. The summed E-state index contributed by atoms with van der Waals surface area (Å²) in [6.07, 6.45) is 16.7. The van der Waals surface area contributed by atoms with E-state index in [2.05, 4.69) is 19.1 Å². The van der Waals surface area contributed by atoms with Gasteiger partial charge in [0.15, 0.2) is 0 Å². The number of hydrogen-bond acceptors (Lipinski definition) is 5. The summed E-state index contributed by atoms with van der Waals surface area (Å²) in [7, 11) is 0. The molecule has 0 radical (unpaired) electrons. The van der Waals surface area contributed by atoms with Crippen LogP contribution in [0.25, 0.3) is 0 Å². The van der Waals surface area contributed by atoms with Crippen molar-refractivity contribution < 1.29 is 24.8 Å². The van der Waals surface area contributed by atoms with E-state index >= 15 is 0 Å². The second-order valence-corrected chi connectivity index (χ2v) is 7.68. The van der Waals surface area contributed by atoms with Crippen LogP contribution in [0.5, 0.6) is 0 Å². The lowest BCUT2D eigenvalue weighted by molar-refractivity contribution is -0.0938. The highest BCUT2D eigenvalue weighted by molar-refractivity contribution is 4.89. The van der Waals surface area contributed by atoms with Crippen LogP contribution in [-0.2, 0) is 9.47 Å². The van der Waals surface area contributed by atoms with Gasteiger partial charge in [-0.2, -0.15) is 0 Å². The van der Waals surface area contributed by atoms with Crippen molar-refractivity contribution in [2.24, 2.45) is 0 Å². The third-order valence-corrected chi connectivity index (χ3v) is 5.20. The van der Waals surface area contributed by atoms with Gasteiger partial charge in [-0.05, 0) is 32.1 Å². The van der Waals surface area contributed by atoms with Crippen LogP contribution in [0.3, 0.4) is 0 Å². The monoisotopic (exact) mass is 386 g/mol. The number of unbranched alkanes of at least 4 members (excludes halogenated alkanes) is 10. The minimum atomic E-state index is -1.00. The average molecular weight is 387 g/mol. The number of aliphatic hydroxyl groups excluding tert-OH is 3. The summed E-state index contributed by atoms with van der Waals surface area (Å²) in [6, 6.07) is 0. The molecule has 0 bridgehead atoms. The Morgan fingerprint density at radius 1 is 0.963 bits per heavy atom. The van der Waals surface area contributed by atoms with Gasteiger partial charge < -0.3 is 24.8 Å². The number of hydrogen-bond donors (Lipinski definition) is 3. The molecule has 0 aliphatic carbocycles. The molecule has 0 aromatic rings. The zero-order valence-electron chi connectivity index (χ0n) is 17.2. The molecule has 0 aromatic carbocycles. The van der Waals surface area contributed by atoms with Crippen molar-refractivity contribution in [1.82, 2.24) is 0 Å². The topological polar surface area (TPSA) is 79.2 Å². The van der Waals surface area contributed by atoms with Gasteiger partial charge in [-0.1, -0.05) is 64.0 Å². The summed E-state index contributed by atoms with van der Waals surface area (Å²) in [5.41, 5.74) is 0. The average Bonchev–Trinajstić information content (AvgIpc) is 3.04. The lowest BCUT2D eigenvalue weighted by atomic mass is 10.1. The van der Waals surface area contributed by atoms with E-state index in [0.717, 1.165) is 19.3 Å². The third kappa shape index (κ3) is 11.2. The molecule has 1 aliphatic heterocycles. The van der Waals surface area contributed by atoms with Crippen LogP contribution in [0, 0.1) is 0 Å². The molecule has 5 heteroatoms. The van der Waals surface area contributed by atoms with Crippen molar-refractivity contribution in [3.8, 4) is 0 Å². The van der Waals surface area contributed by atoms with E-state index in [-0.39, 0.29) is 13.2 Å². The predicted molar refractivity (Wildman–Crippen MR) is 109 cm³/mol. The van der Waals surface area contributed by atoms with E-state index in [0.29, 0.717) is 6.61 Å². The Bertz CT molecular complexity index is 361. The van der Waals surface area contributed by atoms with E-state index in [1.807, 2.05) is 0 Å². The lowest BCUT2D eigenvalue weighted by Gasteiger charge is -2.23. The molecule has 1 heterocycles. The predicted octanol–water partition coefficient (Wildman–Crippen LogP) is 3.74. The molecule has 4 atom stereocenters. The van der Waals surface area contributed by atoms with Crippen molar-refractivity contribution in [2.45, 2.75) is 108 Å². The minimum Gasteiger partial charge on any atom is -0.394 e. The molecular formula is C22H42O5. The smallest absolute Gasteiger partial charge is 0.114 e. The van der Waals surface area contributed by atoms with Gasteiger partial charge in [0.1, 0.15) is 24.4 Å². The first-order chi connectivity index (χ1) is 13.2. The summed E-state index contributed by atoms with van der Waals surface area (Å²) in [5.74, 6) is 0. The van der Waals surface area contributed by atoms with Crippen molar-refractivity contribution in [2.75, 3.05) is 19.8 Å². The molecule has 1 saturated heterocycles. The first-order valence-corrected chi connectivity index (χ1v) is 11.1. The van der Waals surface area contributed by atoms with Gasteiger partial charge in [-0.3, -0.25) is 0 Å². The molecule has 27 heavy (non-hydrogen) atoms. The molecule has 1 rings (SSSR count). The molecule has 3 N–H and O–H groups in total. The highest BCUT2D eigenvalue weighted by Crippen LogP contribution is 2.21. The highest BCUT2D eigenvalue weighted by atomic mass is 16.6. The first-order valence-electron chi connectivity index (χ1n) is 11.1. The number of allylic oxidation sites excluding steroid dienone is 2. The SMILES string of the molecule is CCCCCCCC/C=C/CCCCCCO[C@@H]1[C@H]([C@@H](O)CO)OC[C@H]1O. The van der Waals surface area contributed by atoms with Crippen molar-refractivity contribution in [3.05, 3.63) is 12.2 Å². The Labute approximate surface area is 165 Å². The zero-order chi connectivity index (χ0) is 19.7. The second-order valence-electron chi connectivity index (χ2n) is 7.68. The summed E-state index contributed by atoms with van der Waals surface area (Å²) in [4.78, 5) is 0. The number of rotatable bonds is 17. The van der Waals surface area contributed by atoms with Gasteiger partial charge >= 0.3 is 0 Å². The Kier molecular flexibility index (Phi) is 15.0. The summed E-state index contributed by atoms with van der Waals surface area (Å²) in [6.45, 7) is 2.57. The van der Waals surface area contributed by atoms with Crippen molar-refractivity contribution in [1.29, 1.82) is 0 Å². The molecule has 160 valence electrons. The second kappa shape index (κ2) is 16.5. The Morgan fingerprint density at radius 2 is 1.56 bits per heavy atom.